The topological polar surface area (TPSA) is 89.8 Å². The van der Waals surface area contributed by atoms with Crippen molar-refractivity contribution in [3.05, 3.63) is 69.8 Å². The molecule has 31 heavy (non-hydrogen) atoms. The molecular weight excluding hydrogens is 416 g/mol. The third-order valence-corrected chi connectivity index (χ3v) is 6.37. The van der Waals surface area contributed by atoms with E-state index in [1.165, 1.54) is 12.1 Å². The predicted molar refractivity (Wildman–Crippen MR) is 121 cm³/mol. The molecule has 0 aliphatic heterocycles. The van der Waals surface area contributed by atoms with E-state index in [1.54, 1.807) is 36.4 Å². The van der Waals surface area contributed by atoms with E-state index in [1.807, 2.05) is 6.92 Å². The summed E-state index contributed by atoms with van der Waals surface area (Å²) in [6.45, 7) is 7.53. The van der Waals surface area contributed by atoms with E-state index in [4.69, 9.17) is 4.18 Å². The number of nitrogens with zero attached hydrogens (tertiary/aromatic N) is 2. The van der Waals surface area contributed by atoms with Crippen LogP contribution in [0.1, 0.15) is 50.7 Å². The average Bonchev–Trinajstić information content (AvgIpc) is 2.73. The van der Waals surface area contributed by atoms with Crippen LogP contribution in [0.4, 0.5) is 5.69 Å². The van der Waals surface area contributed by atoms with Crippen LogP contribution >= 0.6 is 0 Å². The molecule has 0 N–H and O–H groups in total. The second-order valence-corrected chi connectivity index (χ2v) is 9.24. The lowest BCUT2D eigenvalue weighted by Crippen LogP contribution is -2.40. The Morgan fingerprint density at radius 3 is 2.10 bits per heavy atom. The summed E-state index contributed by atoms with van der Waals surface area (Å²) >= 11 is 0. The highest BCUT2D eigenvalue weighted by molar-refractivity contribution is 7.86. The standard InChI is InChI=1S/C23H32N2O5S/c1-4-17-24(18-5-2)23(30-31(28,29)22-15-9-19(3)10-16-22)8-6-7-20-11-13-21(14-12-20)25(26)27/h9-16,23H,4-8,17-18H2,1-3H3. The number of aryl methyl sites for hydroxylation is 2. The zero-order valence-corrected chi connectivity index (χ0v) is 19.3. The van der Waals surface area contributed by atoms with Crippen molar-refractivity contribution in [3.8, 4) is 0 Å². The van der Waals surface area contributed by atoms with Crippen molar-refractivity contribution in [1.29, 1.82) is 0 Å². The molecule has 0 aliphatic rings. The first-order valence-electron chi connectivity index (χ1n) is 10.7. The van der Waals surface area contributed by atoms with E-state index in [2.05, 4.69) is 18.7 Å². The first-order chi connectivity index (χ1) is 14.8. The van der Waals surface area contributed by atoms with E-state index in [9.17, 15) is 18.5 Å². The maximum Gasteiger partial charge on any atom is 0.298 e. The van der Waals surface area contributed by atoms with Crippen LogP contribution in [0.2, 0.25) is 0 Å². The molecule has 0 bridgehead atoms. The Morgan fingerprint density at radius 1 is 1.00 bits per heavy atom. The van der Waals surface area contributed by atoms with E-state index in [0.717, 1.165) is 37.1 Å². The summed E-state index contributed by atoms with van der Waals surface area (Å²) in [7, 11) is -3.88. The van der Waals surface area contributed by atoms with Gasteiger partial charge in [0.25, 0.3) is 15.8 Å². The van der Waals surface area contributed by atoms with Gasteiger partial charge >= 0.3 is 0 Å². The lowest BCUT2D eigenvalue weighted by Gasteiger charge is -2.30. The van der Waals surface area contributed by atoms with Gasteiger partial charge in [-0.2, -0.15) is 8.42 Å². The molecule has 2 rings (SSSR count). The highest BCUT2D eigenvalue weighted by Gasteiger charge is 2.26. The molecule has 7 nitrogen and oxygen atoms in total. The molecule has 170 valence electrons. The largest absolute Gasteiger partial charge is 0.298 e. The Morgan fingerprint density at radius 2 is 1.58 bits per heavy atom. The lowest BCUT2D eigenvalue weighted by atomic mass is 10.1. The Labute approximate surface area is 185 Å². The van der Waals surface area contributed by atoms with Crippen LogP contribution in [0.25, 0.3) is 0 Å². The summed E-state index contributed by atoms with van der Waals surface area (Å²) in [6.07, 6.45) is 3.18. The second kappa shape index (κ2) is 11.9. The number of hydrogen-bond acceptors (Lipinski definition) is 6. The molecule has 0 spiro atoms. The molecule has 0 amide bonds. The van der Waals surface area contributed by atoms with Gasteiger partial charge in [0, 0.05) is 25.2 Å². The summed E-state index contributed by atoms with van der Waals surface area (Å²) in [6, 6.07) is 13.1. The number of nitro benzene ring substituents is 1. The van der Waals surface area contributed by atoms with Crippen molar-refractivity contribution >= 4 is 15.8 Å². The highest BCUT2D eigenvalue weighted by Crippen LogP contribution is 2.21. The fourth-order valence-electron chi connectivity index (χ4n) is 3.44. The SMILES string of the molecule is CCCN(CCC)C(CCCc1ccc([N+](=O)[O-])cc1)OS(=O)(=O)c1ccc(C)cc1. The smallest absolute Gasteiger partial charge is 0.277 e. The van der Waals surface area contributed by atoms with Crippen LogP contribution in [0, 0.1) is 17.0 Å². The molecule has 0 heterocycles. The van der Waals surface area contributed by atoms with Gasteiger partial charge in [0.15, 0.2) is 0 Å². The molecule has 0 aromatic heterocycles. The minimum Gasteiger partial charge on any atom is -0.277 e. The Kier molecular flexibility index (Phi) is 9.61. The van der Waals surface area contributed by atoms with Crippen molar-refractivity contribution in [2.75, 3.05) is 13.1 Å². The van der Waals surface area contributed by atoms with Gasteiger partial charge in [0.1, 0.15) is 6.23 Å². The van der Waals surface area contributed by atoms with Crippen LogP contribution in [0.3, 0.4) is 0 Å². The number of hydrogen-bond donors (Lipinski definition) is 0. The zero-order chi connectivity index (χ0) is 22.9. The maximum absolute atomic E-state index is 12.9. The zero-order valence-electron chi connectivity index (χ0n) is 18.5. The van der Waals surface area contributed by atoms with Crippen LogP contribution in [-0.4, -0.2) is 37.6 Å². The Bertz CT molecular complexity index is 921. The fourth-order valence-corrected chi connectivity index (χ4v) is 4.53. The molecular formula is C23H32N2O5S. The van der Waals surface area contributed by atoms with Gasteiger partial charge in [-0.05, 0) is 56.7 Å². The van der Waals surface area contributed by atoms with Gasteiger partial charge in [0.05, 0.1) is 9.82 Å². The van der Waals surface area contributed by atoms with Crippen LogP contribution in [-0.2, 0) is 20.7 Å². The molecule has 8 heteroatoms. The number of non-ortho nitro benzene ring substituents is 1. The Balaban J connectivity index is 2.12. The average molecular weight is 449 g/mol. The number of benzene rings is 2. The van der Waals surface area contributed by atoms with Crippen LogP contribution in [0.15, 0.2) is 53.4 Å². The monoisotopic (exact) mass is 448 g/mol. The van der Waals surface area contributed by atoms with Crippen molar-refractivity contribution in [2.45, 2.75) is 64.0 Å². The van der Waals surface area contributed by atoms with E-state index in [-0.39, 0.29) is 10.6 Å². The molecule has 2 aromatic rings. The first-order valence-corrected chi connectivity index (χ1v) is 12.1. The normalized spacial score (nSPS) is 12.8. The van der Waals surface area contributed by atoms with Crippen molar-refractivity contribution in [3.63, 3.8) is 0 Å². The van der Waals surface area contributed by atoms with Gasteiger partial charge in [-0.25, -0.2) is 4.18 Å². The predicted octanol–water partition coefficient (Wildman–Crippen LogP) is 5.08. The number of nitro groups is 1. The third kappa shape index (κ3) is 7.72. The van der Waals surface area contributed by atoms with Crippen LogP contribution in [0.5, 0.6) is 0 Å². The van der Waals surface area contributed by atoms with Crippen molar-refractivity contribution < 1.29 is 17.5 Å². The minimum absolute atomic E-state index is 0.0613. The van der Waals surface area contributed by atoms with Gasteiger partial charge in [-0.1, -0.05) is 43.7 Å². The molecule has 0 radical (unpaired) electrons. The maximum atomic E-state index is 12.9. The molecule has 0 saturated carbocycles. The summed E-state index contributed by atoms with van der Waals surface area (Å²) in [5.74, 6) is 0. The van der Waals surface area contributed by atoms with Gasteiger partial charge in [-0.3, -0.25) is 15.0 Å². The molecule has 0 aliphatic carbocycles. The summed E-state index contributed by atoms with van der Waals surface area (Å²) < 4.78 is 31.5. The van der Waals surface area contributed by atoms with Crippen LogP contribution < -0.4 is 0 Å². The Hall–Kier alpha value is -2.29. The molecule has 1 unspecified atom stereocenters. The van der Waals surface area contributed by atoms with Gasteiger partial charge < -0.3 is 0 Å². The van der Waals surface area contributed by atoms with Gasteiger partial charge in [0.2, 0.25) is 0 Å². The molecule has 2 aromatic carbocycles. The summed E-state index contributed by atoms with van der Waals surface area (Å²) in [4.78, 5) is 12.6. The summed E-state index contributed by atoms with van der Waals surface area (Å²) in [5.41, 5.74) is 2.02. The van der Waals surface area contributed by atoms with E-state index < -0.39 is 21.3 Å². The lowest BCUT2D eigenvalue weighted by molar-refractivity contribution is -0.384. The highest BCUT2D eigenvalue weighted by atomic mass is 32.2. The van der Waals surface area contributed by atoms with Crippen molar-refractivity contribution in [2.24, 2.45) is 0 Å². The quantitative estimate of drug-likeness (QED) is 0.184. The molecule has 0 saturated heterocycles. The first kappa shape index (κ1) is 25.0. The van der Waals surface area contributed by atoms with Gasteiger partial charge in [-0.15, -0.1) is 0 Å². The molecule has 0 fully saturated rings. The minimum atomic E-state index is -3.88. The second-order valence-electron chi connectivity index (χ2n) is 7.67. The molecule has 1 atom stereocenters. The van der Waals surface area contributed by atoms with E-state index in [0.29, 0.717) is 19.3 Å². The van der Waals surface area contributed by atoms with E-state index >= 15 is 0 Å². The third-order valence-electron chi connectivity index (χ3n) is 5.04. The number of rotatable bonds is 13. The fraction of sp³-hybridized carbons (Fsp3) is 0.478. The van der Waals surface area contributed by atoms with Crippen molar-refractivity contribution in [1.82, 2.24) is 4.90 Å². The summed E-state index contributed by atoms with van der Waals surface area (Å²) in [5, 5.41) is 10.8.